The molecule has 0 saturated heterocycles. The molecule has 13 heteroatoms. The molecule has 0 spiro atoms. The molecule has 0 N–H and O–H groups in total. The van der Waals surface area contributed by atoms with Crippen LogP contribution in [0.15, 0.2) is 53.1 Å². The Morgan fingerprint density at radius 3 is 1.88 bits per heavy atom. The fourth-order valence-electron chi connectivity index (χ4n) is 2.40. The van der Waals surface area contributed by atoms with Gasteiger partial charge in [-0.1, -0.05) is 40.9 Å². The number of ether oxygens (including phenoxy) is 1. The second kappa shape index (κ2) is 15.5. The summed E-state index contributed by atoms with van der Waals surface area (Å²) in [7, 11) is 4.81. The fraction of sp³-hybridized carbons (Fsp3) is 0.200. The number of hydrogen-bond donors (Lipinski definition) is 0. The average molecular weight is 558 g/mol. The minimum atomic E-state index is -3.72. The quantitative estimate of drug-likeness (QED) is 0.261. The Labute approximate surface area is 208 Å². The van der Waals surface area contributed by atoms with E-state index in [2.05, 4.69) is 34.4 Å². The highest BCUT2D eigenvalue weighted by molar-refractivity contribution is 8.31. The summed E-state index contributed by atoms with van der Waals surface area (Å²) in [4.78, 5) is 32.5. The average Bonchev–Trinajstić information content (AvgIpc) is 3.27. The molecule has 1 aliphatic heterocycles. The third-order valence-electron chi connectivity index (χ3n) is 3.54. The topological polar surface area (TPSA) is 125 Å². The van der Waals surface area contributed by atoms with Crippen LogP contribution < -0.4 is 4.74 Å². The monoisotopic (exact) mass is 556 g/mol. The van der Waals surface area contributed by atoms with Crippen molar-refractivity contribution in [3.8, 4) is 5.75 Å². The predicted molar refractivity (Wildman–Crippen MR) is 122 cm³/mol. The minimum Gasteiger partial charge on any atom is -0.472 e. The summed E-state index contributed by atoms with van der Waals surface area (Å²) in [6.45, 7) is 4.10. The zero-order valence-corrected chi connectivity index (χ0v) is 20.8. The van der Waals surface area contributed by atoms with Gasteiger partial charge in [0.25, 0.3) is 0 Å². The van der Waals surface area contributed by atoms with Crippen LogP contribution in [0.3, 0.4) is 0 Å². The maximum Gasteiger partial charge on any atom is 0.373 e. The lowest BCUT2D eigenvalue weighted by molar-refractivity contribution is -0.193. The Balaban J connectivity index is 0.000000440. The van der Waals surface area contributed by atoms with E-state index in [1.54, 1.807) is 6.26 Å². The Hall–Kier alpha value is -2.35. The van der Waals surface area contributed by atoms with E-state index in [-0.39, 0.29) is 17.7 Å². The van der Waals surface area contributed by atoms with Crippen LogP contribution in [0.1, 0.15) is 22.1 Å². The first kappa shape index (κ1) is 30.6. The smallest absolute Gasteiger partial charge is 0.373 e. The molecule has 33 heavy (non-hydrogen) atoms. The van der Waals surface area contributed by atoms with E-state index in [0.29, 0.717) is 0 Å². The van der Waals surface area contributed by atoms with Crippen LogP contribution in [0.5, 0.6) is 5.75 Å². The Morgan fingerprint density at radius 2 is 1.33 bits per heavy atom. The number of alkyl halides is 2. The summed E-state index contributed by atoms with van der Waals surface area (Å²) in [5.41, 5.74) is 3.98. The highest BCUT2D eigenvalue weighted by atomic mass is 36.0. The normalized spacial score (nSPS) is 15.1. The fourth-order valence-corrected chi connectivity index (χ4v) is 2.85. The molecule has 2 heterocycles. The number of hydrogen-bond acceptors (Lipinski definition) is 8. The van der Waals surface area contributed by atoms with Gasteiger partial charge >= 0.3 is 20.6 Å². The molecule has 0 radical (unpaired) electrons. The van der Waals surface area contributed by atoms with Crippen LogP contribution in [0.4, 0.5) is 0 Å². The van der Waals surface area contributed by atoms with Crippen molar-refractivity contribution in [3.05, 3.63) is 65.4 Å². The first-order chi connectivity index (χ1) is 15.4. The van der Waals surface area contributed by atoms with Crippen LogP contribution >= 0.6 is 44.6 Å². The molecule has 8 nitrogen and oxygen atoms in total. The number of aryl methyl sites for hydroxylation is 2. The Kier molecular flexibility index (Phi) is 14.4. The lowest BCUT2D eigenvalue weighted by Crippen LogP contribution is -2.04. The zero-order valence-electron chi connectivity index (χ0n) is 17.0. The van der Waals surface area contributed by atoms with Gasteiger partial charge < -0.3 is 9.15 Å². The molecular formula is C20H16Cl4O8S. The molecule has 0 amide bonds. The third-order valence-corrected chi connectivity index (χ3v) is 4.47. The molecular weight excluding hydrogens is 542 g/mol. The lowest BCUT2D eigenvalue weighted by atomic mass is 10.1. The van der Waals surface area contributed by atoms with Gasteiger partial charge in [0.05, 0.1) is 6.26 Å². The van der Waals surface area contributed by atoms with Crippen molar-refractivity contribution < 1.29 is 36.7 Å². The van der Waals surface area contributed by atoms with Crippen LogP contribution in [-0.4, -0.2) is 26.3 Å². The first-order valence-electron chi connectivity index (χ1n) is 8.49. The number of carbonyl (C=O) groups excluding carboxylic acids is 4. The standard InChI is InChI=1S/C9H8Cl2O.C9H8O.2CO2.Cl2O2S/c1-5-2-3-7-6(4-5)8(10)9(11)12-7;1-7-2-3-9-8(6-7)4-5-10-9;2*2-1-3;1-5(2,3)4/h2-4,8-9H,1H3;2-6H,1H3;;;. The summed E-state index contributed by atoms with van der Waals surface area (Å²) in [6.07, 6.45) is 2.21. The number of fused-ring (bicyclic) bond motifs is 2. The summed E-state index contributed by atoms with van der Waals surface area (Å²) in [6, 6.07) is 14.0. The zero-order chi connectivity index (χ0) is 25.6. The van der Waals surface area contributed by atoms with E-state index in [0.717, 1.165) is 16.9 Å². The summed E-state index contributed by atoms with van der Waals surface area (Å²) >= 11 is 11.8. The van der Waals surface area contributed by atoms with Crippen molar-refractivity contribution in [1.29, 1.82) is 0 Å². The number of furan rings is 1. The summed E-state index contributed by atoms with van der Waals surface area (Å²) < 4.78 is 28.8. The van der Waals surface area contributed by atoms with Gasteiger partial charge in [0.15, 0.2) is 5.56 Å². The largest absolute Gasteiger partial charge is 0.472 e. The van der Waals surface area contributed by atoms with Gasteiger partial charge in [-0.3, -0.25) is 0 Å². The molecule has 0 fully saturated rings. The molecule has 1 aromatic heterocycles. The molecule has 0 bridgehead atoms. The molecule has 2 aromatic carbocycles. The number of halogens is 4. The van der Waals surface area contributed by atoms with Crippen LogP contribution in [-0.2, 0) is 27.4 Å². The highest BCUT2D eigenvalue weighted by Gasteiger charge is 2.30. The molecule has 1 aliphatic rings. The summed E-state index contributed by atoms with van der Waals surface area (Å²) in [5.74, 6) is 0.806. The van der Waals surface area contributed by atoms with Crippen molar-refractivity contribution >= 4 is 76.1 Å². The van der Waals surface area contributed by atoms with Crippen LogP contribution in [0.25, 0.3) is 11.0 Å². The third kappa shape index (κ3) is 13.1. The van der Waals surface area contributed by atoms with E-state index in [1.165, 1.54) is 16.5 Å². The molecule has 2 unspecified atom stereocenters. The van der Waals surface area contributed by atoms with Gasteiger partial charge in [0.1, 0.15) is 16.7 Å². The van der Waals surface area contributed by atoms with Crippen molar-refractivity contribution in [2.24, 2.45) is 0 Å². The number of rotatable bonds is 0. The van der Waals surface area contributed by atoms with Gasteiger partial charge in [-0.05, 0) is 38.1 Å². The maximum absolute atomic E-state index is 9.16. The lowest BCUT2D eigenvalue weighted by Gasteiger charge is -2.02. The van der Waals surface area contributed by atoms with Crippen molar-refractivity contribution in [2.45, 2.75) is 24.8 Å². The van der Waals surface area contributed by atoms with Crippen molar-refractivity contribution in [3.63, 3.8) is 0 Å². The summed E-state index contributed by atoms with van der Waals surface area (Å²) in [5, 5.41) is 0.960. The maximum atomic E-state index is 9.16. The second-order valence-electron chi connectivity index (χ2n) is 5.92. The SMILES string of the molecule is Cc1ccc2c(c1)C(Cl)C(Cl)O2.Cc1ccc2occc2c1.O=C=O.O=C=O.O=S(=O)(Cl)Cl. The van der Waals surface area contributed by atoms with Gasteiger partial charge in [0, 0.05) is 32.3 Å². The molecule has 4 rings (SSSR count). The minimum absolute atomic E-state index is 0.221. The van der Waals surface area contributed by atoms with E-state index in [1.807, 2.05) is 43.3 Å². The van der Waals surface area contributed by atoms with Crippen molar-refractivity contribution in [2.75, 3.05) is 0 Å². The Bertz CT molecular complexity index is 1180. The van der Waals surface area contributed by atoms with Gasteiger partial charge in [-0.2, -0.15) is 27.6 Å². The van der Waals surface area contributed by atoms with Crippen LogP contribution in [0.2, 0.25) is 0 Å². The molecule has 0 aliphatic carbocycles. The first-order valence-corrected chi connectivity index (χ1v) is 12.5. The molecule has 178 valence electrons. The second-order valence-corrected chi connectivity index (χ2v) is 10.5. The van der Waals surface area contributed by atoms with Gasteiger partial charge in [0.2, 0.25) is 0 Å². The van der Waals surface area contributed by atoms with E-state index < -0.39 is 13.8 Å². The van der Waals surface area contributed by atoms with E-state index in [4.69, 9.17) is 60.0 Å². The highest BCUT2D eigenvalue weighted by Crippen LogP contribution is 2.42. The van der Waals surface area contributed by atoms with E-state index in [9.17, 15) is 0 Å². The van der Waals surface area contributed by atoms with E-state index >= 15 is 0 Å². The Morgan fingerprint density at radius 1 is 0.848 bits per heavy atom. The van der Waals surface area contributed by atoms with Crippen LogP contribution in [0, 0.1) is 13.8 Å². The predicted octanol–water partition coefficient (Wildman–Crippen LogP) is 5.52. The molecule has 2 atom stereocenters. The number of benzene rings is 2. The van der Waals surface area contributed by atoms with Crippen molar-refractivity contribution in [1.82, 2.24) is 0 Å². The van der Waals surface area contributed by atoms with Gasteiger partial charge in [-0.25, -0.2) is 0 Å². The van der Waals surface area contributed by atoms with Gasteiger partial charge in [-0.15, -0.1) is 11.6 Å². The molecule has 3 aromatic rings. The molecule has 0 saturated carbocycles.